The summed E-state index contributed by atoms with van der Waals surface area (Å²) in [6.07, 6.45) is 8.69. The lowest BCUT2D eigenvalue weighted by Crippen LogP contribution is -2.20. The molecule has 1 heterocycles. The van der Waals surface area contributed by atoms with Gasteiger partial charge < -0.3 is 5.73 Å². The Hall–Kier alpha value is -0.960. The van der Waals surface area contributed by atoms with Crippen molar-refractivity contribution >= 4 is 0 Å². The minimum Gasteiger partial charge on any atom is -0.323 e. The van der Waals surface area contributed by atoms with Gasteiger partial charge in [0, 0.05) is 12.2 Å². The van der Waals surface area contributed by atoms with Gasteiger partial charge in [-0.2, -0.15) is 0 Å². The van der Waals surface area contributed by atoms with Crippen molar-refractivity contribution in [2.45, 2.75) is 45.1 Å². The van der Waals surface area contributed by atoms with Crippen molar-refractivity contribution in [3.63, 3.8) is 0 Å². The summed E-state index contributed by atoms with van der Waals surface area (Å²) in [6, 6.07) is 2.06. The molecular weight excluding hydrogens is 210 g/mol. The van der Waals surface area contributed by atoms with Crippen LogP contribution in [0.3, 0.4) is 0 Å². The second-order valence-corrected chi connectivity index (χ2v) is 5.81. The maximum absolute atomic E-state index is 6.29. The van der Waals surface area contributed by atoms with Gasteiger partial charge in [-0.15, -0.1) is 0 Å². The predicted molar refractivity (Wildman–Crippen MR) is 67.3 cm³/mol. The summed E-state index contributed by atoms with van der Waals surface area (Å²) in [5, 5.41) is 0. The highest BCUT2D eigenvalue weighted by Crippen LogP contribution is 2.50. The second-order valence-electron chi connectivity index (χ2n) is 5.81. The number of rotatable bonds is 3. The highest BCUT2D eigenvalue weighted by Gasteiger charge is 2.39. The maximum atomic E-state index is 6.29. The zero-order valence-corrected chi connectivity index (χ0v) is 10.5. The molecule has 3 rings (SSSR count). The van der Waals surface area contributed by atoms with Crippen molar-refractivity contribution in [2.75, 3.05) is 0 Å². The van der Waals surface area contributed by atoms with Crippen LogP contribution in [0.2, 0.25) is 0 Å². The van der Waals surface area contributed by atoms with E-state index in [4.69, 9.17) is 5.73 Å². The summed E-state index contributed by atoms with van der Waals surface area (Å²) in [4.78, 5) is 8.57. The Morgan fingerprint density at radius 1 is 1.41 bits per heavy atom. The molecule has 2 N–H and O–H groups in total. The van der Waals surface area contributed by atoms with Gasteiger partial charge >= 0.3 is 0 Å². The Bertz CT molecular complexity index is 404. The second kappa shape index (κ2) is 4.37. The molecule has 1 aromatic heterocycles. The van der Waals surface area contributed by atoms with Crippen LogP contribution in [0.25, 0.3) is 0 Å². The monoisotopic (exact) mass is 231 g/mol. The van der Waals surface area contributed by atoms with E-state index in [-0.39, 0.29) is 6.04 Å². The quantitative estimate of drug-likeness (QED) is 0.870. The van der Waals surface area contributed by atoms with Crippen LogP contribution >= 0.6 is 0 Å². The SMILES string of the molecule is Cc1nccc(C(N)CC2CC3CCC2C3)n1. The van der Waals surface area contributed by atoms with E-state index >= 15 is 0 Å². The largest absolute Gasteiger partial charge is 0.323 e. The van der Waals surface area contributed by atoms with Crippen molar-refractivity contribution in [1.82, 2.24) is 9.97 Å². The average Bonchev–Trinajstić information content (AvgIpc) is 2.91. The van der Waals surface area contributed by atoms with Crippen LogP contribution in [0, 0.1) is 24.7 Å². The number of hydrogen-bond acceptors (Lipinski definition) is 3. The van der Waals surface area contributed by atoms with E-state index in [1.165, 1.54) is 25.7 Å². The number of aromatic nitrogens is 2. The molecule has 0 amide bonds. The molecule has 0 aromatic carbocycles. The van der Waals surface area contributed by atoms with Crippen molar-refractivity contribution in [3.05, 3.63) is 23.8 Å². The zero-order valence-electron chi connectivity index (χ0n) is 10.5. The van der Waals surface area contributed by atoms with E-state index in [9.17, 15) is 0 Å². The molecule has 17 heavy (non-hydrogen) atoms. The molecule has 0 radical (unpaired) electrons. The Labute approximate surface area is 103 Å². The molecule has 3 heteroatoms. The molecular formula is C14H21N3. The van der Waals surface area contributed by atoms with Gasteiger partial charge in [0.25, 0.3) is 0 Å². The summed E-state index contributed by atoms with van der Waals surface area (Å²) in [7, 11) is 0. The number of hydrogen-bond donors (Lipinski definition) is 1. The Morgan fingerprint density at radius 3 is 2.94 bits per heavy atom. The Kier molecular flexibility index (Phi) is 2.87. The van der Waals surface area contributed by atoms with E-state index in [0.717, 1.165) is 35.7 Å². The van der Waals surface area contributed by atoms with Crippen molar-refractivity contribution < 1.29 is 0 Å². The fourth-order valence-corrected chi connectivity index (χ4v) is 3.79. The highest BCUT2D eigenvalue weighted by atomic mass is 14.9. The van der Waals surface area contributed by atoms with E-state index in [2.05, 4.69) is 9.97 Å². The third-order valence-corrected chi connectivity index (χ3v) is 4.62. The molecule has 92 valence electrons. The van der Waals surface area contributed by atoms with Gasteiger partial charge in [0.15, 0.2) is 0 Å². The first-order chi connectivity index (χ1) is 8.22. The Morgan fingerprint density at radius 2 is 2.29 bits per heavy atom. The molecule has 1 aromatic rings. The number of fused-ring (bicyclic) bond motifs is 2. The van der Waals surface area contributed by atoms with Gasteiger partial charge in [-0.05, 0) is 56.4 Å². The molecule has 4 atom stereocenters. The minimum atomic E-state index is 0.0982. The summed E-state index contributed by atoms with van der Waals surface area (Å²) < 4.78 is 0. The van der Waals surface area contributed by atoms with E-state index < -0.39 is 0 Å². The van der Waals surface area contributed by atoms with Gasteiger partial charge in [-0.1, -0.05) is 6.42 Å². The van der Waals surface area contributed by atoms with E-state index in [0.29, 0.717) is 0 Å². The van der Waals surface area contributed by atoms with Crippen LogP contribution in [0.15, 0.2) is 12.3 Å². The molecule has 0 spiro atoms. The summed E-state index contributed by atoms with van der Waals surface area (Å²) >= 11 is 0. The first kappa shape index (κ1) is 11.1. The summed E-state index contributed by atoms with van der Waals surface area (Å²) in [6.45, 7) is 1.92. The lowest BCUT2D eigenvalue weighted by molar-refractivity contribution is 0.294. The lowest BCUT2D eigenvalue weighted by Gasteiger charge is -2.24. The normalized spacial score (nSPS) is 32.9. The van der Waals surface area contributed by atoms with Crippen LogP contribution in [-0.4, -0.2) is 9.97 Å². The van der Waals surface area contributed by atoms with Gasteiger partial charge in [0.1, 0.15) is 5.82 Å². The molecule has 4 unspecified atom stereocenters. The highest BCUT2D eigenvalue weighted by molar-refractivity contribution is 5.07. The summed E-state index contributed by atoms with van der Waals surface area (Å²) in [5.74, 6) is 3.63. The maximum Gasteiger partial charge on any atom is 0.125 e. The van der Waals surface area contributed by atoms with Crippen LogP contribution in [0.4, 0.5) is 0 Å². The Balaban J connectivity index is 1.65. The molecule has 0 saturated heterocycles. The topological polar surface area (TPSA) is 51.8 Å². The number of nitrogens with two attached hydrogens (primary N) is 1. The van der Waals surface area contributed by atoms with E-state index in [1.54, 1.807) is 0 Å². The molecule has 2 saturated carbocycles. The fraction of sp³-hybridized carbons (Fsp3) is 0.714. The van der Waals surface area contributed by atoms with Crippen LogP contribution in [-0.2, 0) is 0 Å². The van der Waals surface area contributed by atoms with Crippen molar-refractivity contribution in [3.8, 4) is 0 Å². The van der Waals surface area contributed by atoms with Gasteiger partial charge in [-0.25, -0.2) is 9.97 Å². The van der Waals surface area contributed by atoms with E-state index in [1.807, 2.05) is 19.2 Å². The van der Waals surface area contributed by atoms with Crippen LogP contribution in [0.1, 0.15) is 49.7 Å². The third kappa shape index (κ3) is 2.21. The molecule has 2 fully saturated rings. The average molecular weight is 231 g/mol. The van der Waals surface area contributed by atoms with Crippen molar-refractivity contribution in [2.24, 2.45) is 23.5 Å². The lowest BCUT2D eigenvalue weighted by atomic mass is 9.84. The third-order valence-electron chi connectivity index (χ3n) is 4.62. The number of aryl methyl sites for hydroxylation is 1. The molecule has 2 aliphatic rings. The molecule has 0 aliphatic heterocycles. The predicted octanol–water partition coefficient (Wildman–Crippen LogP) is 2.61. The van der Waals surface area contributed by atoms with Crippen LogP contribution in [0.5, 0.6) is 0 Å². The first-order valence-corrected chi connectivity index (χ1v) is 6.77. The standard InChI is InChI=1S/C14H21N3/c1-9-16-5-4-14(17-9)13(15)8-12-7-10-2-3-11(12)6-10/h4-5,10-13H,2-3,6-8,15H2,1H3. The zero-order chi connectivity index (χ0) is 11.8. The summed E-state index contributed by atoms with van der Waals surface area (Å²) in [5.41, 5.74) is 7.30. The number of nitrogens with zero attached hydrogens (tertiary/aromatic N) is 2. The fourth-order valence-electron chi connectivity index (χ4n) is 3.79. The van der Waals surface area contributed by atoms with Crippen molar-refractivity contribution in [1.29, 1.82) is 0 Å². The molecule has 2 bridgehead atoms. The van der Waals surface area contributed by atoms with Gasteiger partial charge in [0.2, 0.25) is 0 Å². The smallest absolute Gasteiger partial charge is 0.125 e. The minimum absolute atomic E-state index is 0.0982. The first-order valence-electron chi connectivity index (χ1n) is 6.77. The van der Waals surface area contributed by atoms with Crippen LogP contribution < -0.4 is 5.73 Å². The van der Waals surface area contributed by atoms with Gasteiger partial charge in [0.05, 0.1) is 5.69 Å². The molecule has 3 nitrogen and oxygen atoms in total. The molecule has 2 aliphatic carbocycles. The van der Waals surface area contributed by atoms with Gasteiger partial charge in [-0.3, -0.25) is 0 Å².